The Hall–Kier alpha value is -1.71. The number of rotatable bonds is 6. The van der Waals surface area contributed by atoms with Gasteiger partial charge in [0.2, 0.25) is 0 Å². The Labute approximate surface area is 94.6 Å². The Balaban J connectivity index is 2.29. The minimum Gasteiger partial charge on any atom is -0.466 e. The molecule has 86 valence electrons. The summed E-state index contributed by atoms with van der Waals surface area (Å²) in [5.41, 5.74) is 0.638. The number of hydrogen-bond donors (Lipinski definition) is 0. The molecule has 0 aliphatic rings. The lowest BCUT2D eigenvalue weighted by molar-refractivity contribution is -0.143. The molecule has 1 aromatic heterocycles. The number of aromatic nitrogens is 1. The first-order valence-corrected chi connectivity index (χ1v) is 5.33. The molecule has 0 saturated carbocycles. The van der Waals surface area contributed by atoms with Crippen molar-refractivity contribution in [2.75, 3.05) is 6.61 Å². The molecule has 0 saturated heterocycles. The topological polar surface area (TPSA) is 56.3 Å². The molecule has 1 rings (SSSR count). The van der Waals surface area contributed by atoms with Crippen molar-refractivity contribution in [1.29, 1.82) is 0 Å². The fraction of sp³-hybridized carbons (Fsp3) is 0.417. The Morgan fingerprint density at radius 3 is 2.56 bits per heavy atom. The van der Waals surface area contributed by atoms with Gasteiger partial charge in [-0.25, -0.2) is 0 Å². The summed E-state index contributed by atoms with van der Waals surface area (Å²) in [5.74, 6) is -0.211. The minimum atomic E-state index is -0.245. The van der Waals surface area contributed by atoms with E-state index in [2.05, 4.69) is 4.98 Å². The van der Waals surface area contributed by atoms with Crippen molar-refractivity contribution >= 4 is 11.8 Å². The summed E-state index contributed by atoms with van der Waals surface area (Å²) in [6.45, 7) is 2.15. The molecule has 0 unspecified atom stereocenters. The van der Waals surface area contributed by atoms with Crippen LogP contribution in [0.4, 0.5) is 0 Å². The molecule has 1 heterocycles. The van der Waals surface area contributed by atoms with Crippen LogP contribution in [0.2, 0.25) is 0 Å². The summed E-state index contributed by atoms with van der Waals surface area (Å²) in [4.78, 5) is 26.5. The van der Waals surface area contributed by atoms with E-state index < -0.39 is 0 Å². The van der Waals surface area contributed by atoms with Gasteiger partial charge in [-0.15, -0.1) is 0 Å². The van der Waals surface area contributed by atoms with Crippen molar-refractivity contribution in [3.05, 3.63) is 30.1 Å². The maximum atomic E-state index is 11.6. The second kappa shape index (κ2) is 6.71. The number of carbonyl (C=O) groups excluding carboxylic acids is 2. The van der Waals surface area contributed by atoms with Gasteiger partial charge in [0, 0.05) is 30.8 Å². The van der Waals surface area contributed by atoms with Gasteiger partial charge in [-0.2, -0.15) is 0 Å². The molecule has 16 heavy (non-hydrogen) atoms. The second-order valence-corrected chi connectivity index (χ2v) is 3.32. The Kier molecular flexibility index (Phi) is 5.19. The van der Waals surface area contributed by atoms with E-state index in [4.69, 9.17) is 4.74 Å². The van der Waals surface area contributed by atoms with Crippen LogP contribution in [0, 0.1) is 0 Å². The Morgan fingerprint density at radius 2 is 1.94 bits per heavy atom. The van der Waals surface area contributed by atoms with Gasteiger partial charge in [-0.1, -0.05) is 0 Å². The zero-order chi connectivity index (χ0) is 11.8. The first-order chi connectivity index (χ1) is 7.74. The van der Waals surface area contributed by atoms with E-state index >= 15 is 0 Å². The third kappa shape index (κ3) is 4.21. The molecule has 0 aliphatic heterocycles. The molecule has 0 radical (unpaired) electrons. The summed E-state index contributed by atoms with van der Waals surface area (Å²) in [5, 5.41) is 0. The van der Waals surface area contributed by atoms with Crippen LogP contribution in [-0.2, 0) is 9.53 Å². The van der Waals surface area contributed by atoms with Crippen LogP contribution in [0.25, 0.3) is 0 Å². The van der Waals surface area contributed by atoms with Gasteiger partial charge in [0.1, 0.15) is 0 Å². The number of Topliss-reactive ketones (excluding diaryl/α,β-unsaturated/α-hetero) is 1. The number of carbonyl (C=O) groups is 2. The van der Waals surface area contributed by atoms with Gasteiger partial charge in [0.25, 0.3) is 0 Å². The number of ketones is 1. The maximum absolute atomic E-state index is 11.6. The van der Waals surface area contributed by atoms with E-state index in [9.17, 15) is 9.59 Å². The minimum absolute atomic E-state index is 0.0340. The molecule has 0 spiro atoms. The first kappa shape index (κ1) is 12.4. The monoisotopic (exact) mass is 221 g/mol. The van der Waals surface area contributed by atoms with Crippen molar-refractivity contribution in [2.45, 2.75) is 26.2 Å². The maximum Gasteiger partial charge on any atom is 0.305 e. The van der Waals surface area contributed by atoms with Crippen LogP contribution in [0.15, 0.2) is 24.5 Å². The van der Waals surface area contributed by atoms with Gasteiger partial charge in [0.15, 0.2) is 5.78 Å². The van der Waals surface area contributed by atoms with Crippen molar-refractivity contribution < 1.29 is 14.3 Å². The number of pyridine rings is 1. The lowest BCUT2D eigenvalue weighted by atomic mass is 10.1. The molecular formula is C12H15NO3. The normalized spacial score (nSPS) is 9.81. The molecule has 0 aliphatic carbocycles. The molecule has 1 aromatic rings. The smallest absolute Gasteiger partial charge is 0.305 e. The van der Waals surface area contributed by atoms with Crippen molar-refractivity contribution in [3.8, 4) is 0 Å². The average molecular weight is 221 g/mol. The highest BCUT2D eigenvalue weighted by atomic mass is 16.5. The lowest BCUT2D eigenvalue weighted by Crippen LogP contribution is -2.05. The van der Waals surface area contributed by atoms with Crippen molar-refractivity contribution in [1.82, 2.24) is 4.98 Å². The highest BCUT2D eigenvalue weighted by Crippen LogP contribution is 2.06. The van der Waals surface area contributed by atoms with E-state index in [-0.39, 0.29) is 11.8 Å². The van der Waals surface area contributed by atoms with Gasteiger partial charge >= 0.3 is 5.97 Å². The van der Waals surface area contributed by atoms with Crippen LogP contribution in [-0.4, -0.2) is 23.3 Å². The van der Waals surface area contributed by atoms with Crippen LogP contribution < -0.4 is 0 Å². The first-order valence-electron chi connectivity index (χ1n) is 5.33. The Bertz CT molecular complexity index is 349. The molecule has 0 atom stereocenters. The highest BCUT2D eigenvalue weighted by Gasteiger charge is 2.07. The SMILES string of the molecule is CCOC(=O)CCCC(=O)c1ccncc1. The predicted molar refractivity (Wildman–Crippen MR) is 59.1 cm³/mol. The second-order valence-electron chi connectivity index (χ2n) is 3.32. The highest BCUT2D eigenvalue weighted by molar-refractivity contribution is 5.95. The summed E-state index contributed by atoms with van der Waals surface area (Å²) in [6.07, 6.45) is 4.35. The van der Waals surface area contributed by atoms with Crippen molar-refractivity contribution in [2.24, 2.45) is 0 Å². The third-order valence-electron chi connectivity index (χ3n) is 2.09. The quantitative estimate of drug-likeness (QED) is 0.544. The summed E-state index contributed by atoms with van der Waals surface area (Å²) in [6, 6.07) is 3.35. The van der Waals surface area contributed by atoms with Gasteiger partial charge in [0.05, 0.1) is 6.61 Å². The lowest BCUT2D eigenvalue weighted by Gasteiger charge is -2.01. The van der Waals surface area contributed by atoms with Crippen LogP contribution in [0.5, 0.6) is 0 Å². The van der Waals surface area contributed by atoms with Crippen LogP contribution >= 0.6 is 0 Å². The molecule has 4 heteroatoms. The summed E-state index contributed by atoms with van der Waals surface area (Å²) in [7, 11) is 0. The van der Waals surface area contributed by atoms with E-state index in [1.54, 1.807) is 31.5 Å². The average Bonchev–Trinajstić information content (AvgIpc) is 2.30. The molecule has 4 nitrogen and oxygen atoms in total. The molecule has 0 aromatic carbocycles. The van der Waals surface area contributed by atoms with E-state index in [1.165, 1.54) is 0 Å². The van der Waals surface area contributed by atoms with Crippen LogP contribution in [0.3, 0.4) is 0 Å². The predicted octanol–water partition coefficient (Wildman–Crippen LogP) is 2.00. The summed E-state index contributed by atoms with van der Waals surface area (Å²) < 4.78 is 4.77. The molecular weight excluding hydrogens is 206 g/mol. The summed E-state index contributed by atoms with van der Waals surface area (Å²) >= 11 is 0. The van der Waals surface area contributed by atoms with Gasteiger partial charge in [-0.05, 0) is 25.5 Å². The fourth-order valence-corrected chi connectivity index (χ4v) is 1.31. The van der Waals surface area contributed by atoms with Crippen molar-refractivity contribution in [3.63, 3.8) is 0 Å². The largest absolute Gasteiger partial charge is 0.466 e. The number of nitrogens with zero attached hydrogens (tertiary/aromatic N) is 1. The number of esters is 1. The van der Waals surface area contributed by atoms with E-state index in [0.29, 0.717) is 31.4 Å². The van der Waals surface area contributed by atoms with E-state index in [0.717, 1.165) is 0 Å². The zero-order valence-electron chi connectivity index (χ0n) is 9.31. The molecule has 0 amide bonds. The Morgan fingerprint density at radius 1 is 1.25 bits per heavy atom. The number of hydrogen-bond acceptors (Lipinski definition) is 4. The standard InChI is InChI=1S/C12H15NO3/c1-2-16-12(15)5-3-4-11(14)10-6-8-13-9-7-10/h6-9H,2-5H2,1H3. The molecule has 0 fully saturated rings. The van der Waals surface area contributed by atoms with E-state index in [1.807, 2.05) is 0 Å². The van der Waals surface area contributed by atoms with Gasteiger partial charge < -0.3 is 4.74 Å². The fourth-order valence-electron chi connectivity index (χ4n) is 1.31. The van der Waals surface area contributed by atoms with Crippen LogP contribution in [0.1, 0.15) is 36.5 Å². The number of ether oxygens (including phenoxy) is 1. The third-order valence-corrected chi connectivity index (χ3v) is 2.09. The molecule has 0 bridgehead atoms. The van der Waals surface area contributed by atoms with Gasteiger partial charge in [-0.3, -0.25) is 14.6 Å². The molecule has 0 N–H and O–H groups in total. The zero-order valence-corrected chi connectivity index (χ0v) is 9.31.